The normalized spacial score (nSPS) is 29.4. The van der Waals surface area contributed by atoms with Gasteiger partial charge in [0.05, 0.1) is 17.4 Å². The summed E-state index contributed by atoms with van der Waals surface area (Å²) < 4.78 is 7.35. The Balaban J connectivity index is 1.95. The molecule has 1 saturated carbocycles. The molecule has 2 rings (SSSR count). The van der Waals surface area contributed by atoms with E-state index in [9.17, 15) is 5.11 Å². The van der Waals surface area contributed by atoms with Crippen LogP contribution in [0.2, 0.25) is 0 Å². The van der Waals surface area contributed by atoms with Crippen molar-refractivity contribution in [1.29, 1.82) is 0 Å². The van der Waals surface area contributed by atoms with E-state index in [1.54, 1.807) is 7.11 Å². The van der Waals surface area contributed by atoms with Crippen molar-refractivity contribution >= 4 is 0 Å². The lowest BCUT2D eigenvalue weighted by Crippen LogP contribution is -2.38. The van der Waals surface area contributed by atoms with E-state index in [2.05, 4.69) is 18.9 Å². The minimum atomic E-state index is -0.594. The van der Waals surface area contributed by atoms with Crippen molar-refractivity contribution in [3.05, 3.63) is 18.0 Å². The Morgan fingerprint density at radius 2 is 2.21 bits per heavy atom. The van der Waals surface area contributed by atoms with Gasteiger partial charge in [-0.2, -0.15) is 5.10 Å². The molecule has 1 atom stereocenters. The molecule has 4 heteroatoms. The minimum absolute atomic E-state index is 0.318. The Labute approximate surface area is 115 Å². The second kappa shape index (κ2) is 6.06. The van der Waals surface area contributed by atoms with Crippen LogP contribution in [-0.4, -0.2) is 33.7 Å². The highest BCUT2D eigenvalue weighted by molar-refractivity contribution is 5.05. The Kier molecular flexibility index (Phi) is 4.63. The monoisotopic (exact) mass is 266 g/mol. The molecule has 0 bridgehead atoms. The maximum Gasteiger partial charge on any atom is 0.0705 e. The summed E-state index contributed by atoms with van der Waals surface area (Å²) >= 11 is 0. The van der Waals surface area contributed by atoms with Crippen molar-refractivity contribution in [2.75, 3.05) is 7.11 Å². The van der Waals surface area contributed by atoms with Gasteiger partial charge in [0.15, 0.2) is 0 Å². The topological polar surface area (TPSA) is 47.3 Å². The fraction of sp³-hybridized carbons (Fsp3) is 0.800. The van der Waals surface area contributed by atoms with Gasteiger partial charge < -0.3 is 9.84 Å². The summed E-state index contributed by atoms with van der Waals surface area (Å²) in [7, 11) is 1.75. The molecule has 0 saturated heterocycles. The van der Waals surface area contributed by atoms with Gasteiger partial charge in [0.1, 0.15) is 0 Å². The van der Waals surface area contributed by atoms with Crippen molar-refractivity contribution in [3.63, 3.8) is 0 Å². The highest BCUT2D eigenvalue weighted by Gasteiger charge is 2.34. The third-order valence-electron chi connectivity index (χ3n) is 4.41. The van der Waals surface area contributed by atoms with Gasteiger partial charge in [-0.05, 0) is 45.1 Å². The van der Waals surface area contributed by atoms with Crippen LogP contribution in [0.15, 0.2) is 12.3 Å². The first-order valence-corrected chi connectivity index (χ1v) is 7.35. The van der Waals surface area contributed by atoms with E-state index in [4.69, 9.17) is 4.74 Å². The lowest BCUT2D eigenvalue weighted by Gasteiger charge is -2.35. The summed E-state index contributed by atoms with van der Waals surface area (Å²) in [5.74, 6) is 0. The van der Waals surface area contributed by atoms with Crippen LogP contribution in [-0.2, 0) is 11.2 Å². The van der Waals surface area contributed by atoms with E-state index in [1.165, 1.54) is 0 Å². The molecule has 4 nitrogen and oxygen atoms in total. The highest BCUT2D eigenvalue weighted by Crippen LogP contribution is 2.32. The number of hydrogen-bond acceptors (Lipinski definition) is 3. The maximum absolute atomic E-state index is 10.6. The van der Waals surface area contributed by atoms with Crippen LogP contribution in [0.25, 0.3) is 0 Å². The lowest BCUT2D eigenvalue weighted by atomic mass is 9.80. The molecule has 1 aromatic rings. The Morgan fingerprint density at radius 3 is 2.79 bits per heavy atom. The molecule has 1 aliphatic carbocycles. The summed E-state index contributed by atoms with van der Waals surface area (Å²) in [6, 6.07) is 2.46. The number of aromatic nitrogens is 2. The number of hydrogen-bond donors (Lipinski definition) is 1. The Hall–Kier alpha value is -0.870. The largest absolute Gasteiger partial charge is 0.389 e. The summed E-state index contributed by atoms with van der Waals surface area (Å²) in [6.07, 6.45) is 7.57. The van der Waals surface area contributed by atoms with E-state index in [-0.39, 0.29) is 0 Å². The molecular weight excluding hydrogens is 240 g/mol. The van der Waals surface area contributed by atoms with Gasteiger partial charge >= 0.3 is 0 Å². The molecule has 1 aromatic heterocycles. The van der Waals surface area contributed by atoms with Crippen LogP contribution >= 0.6 is 0 Å². The van der Waals surface area contributed by atoms with Gasteiger partial charge in [-0.15, -0.1) is 0 Å². The van der Waals surface area contributed by atoms with Crippen LogP contribution in [0, 0.1) is 0 Å². The molecule has 0 aromatic carbocycles. The summed E-state index contributed by atoms with van der Waals surface area (Å²) in [5, 5.41) is 15.2. The van der Waals surface area contributed by atoms with Crippen molar-refractivity contribution < 1.29 is 9.84 Å². The number of methoxy groups -OCH3 is 1. The molecule has 1 N–H and O–H groups in total. The number of rotatable bonds is 5. The zero-order chi connectivity index (χ0) is 13.9. The first-order chi connectivity index (χ1) is 9.06. The van der Waals surface area contributed by atoms with E-state index < -0.39 is 5.60 Å². The number of nitrogens with zero attached hydrogens (tertiary/aromatic N) is 2. The van der Waals surface area contributed by atoms with E-state index in [0.29, 0.717) is 18.6 Å². The molecule has 1 heterocycles. The number of aliphatic hydroxyl groups is 1. The lowest BCUT2D eigenvalue weighted by molar-refractivity contribution is -0.0433. The van der Waals surface area contributed by atoms with E-state index in [1.807, 2.05) is 16.9 Å². The third-order valence-corrected chi connectivity index (χ3v) is 4.41. The highest BCUT2D eigenvalue weighted by atomic mass is 16.5. The predicted octanol–water partition coefficient (Wildman–Crippen LogP) is 2.72. The van der Waals surface area contributed by atoms with Gasteiger partial charge in [0.25, 0.3) is 0 Å². The minimum Gasteiger partial charge on any atom is -0.389 e. The maximum atomic E-state index is 10.6. The second-order valence-corrected chi connectivity index (χ2v) is 5.88. The average molecular weight is 266 g/mol. The van der Waals surface area contributed by atoms with E-state index >= 15 is 0 Å². The standard InChI is InChI=1S/C15H26N2O2/c1-4-12(2)17-10-7-13(16-17)11-15(18)8-5-14(19-3)6-9-15/h7,10,12,14,18H,4-6,8-9,11H2,1-3H3. The summed E-state index contributed by atoms with van der Waals surface area (Å²) in [6.45, 7) is 4.32. The third kappa shape index (κ3) is 3.57. The molecular formula is C15H26N2O2. The molecule has 0 spiro atoms. The Bertz CT molecular complexity index is 395. The molecule has 1 unspecified atom stereocenters. The molecule has 0 radical (unpaired) electrons. The van der Waals surface area contributed by atoms with Crippen molar-refractivity contribution in [3.8, 4) is 0 Å². The van der Waals surface area contributed by atoms with Crippen LogP contribution < -0.4 is 0 Å². The van der Waals surface area contributed by atoms with Gasteiger partial charge in [-0.25, -0.2) is 0 Å². The SMILES string of the molecule is CCC(C)n1ccc(CC2(O)CCC(OC)CC2)n1. The van der Waals surface area contributed by atoms with E-state index in [0.717, 1.165) is 37.8 Å². The molecule has 0 amide bonds. The molecule has 108 valence electrons. The first-order valence-electron chi connectivity index (χ1n) is 7.35. The molecule has 19 heavy (non-hydrogen) atoms. The van der Waals surface area contributed by atoms with Gasteiger partial charge in [-0.3, -0.25) is 4.68 Å². The van der Waals surface area contributed by atoms with Crippen molar-refractivity contribution in [1.82, 2.24) is 9.78 Å². The quantitative estimate of drug-likeness (QED) is 0.891. The van der Waals surface area contributed by atoms with Crippen LogP contribution in [0.3, 0.4) is 0 Å². The van der Waals surface area contributed by atoms with Gasteiger partial charge in [0, 0.05) is 25.8 Å². The predicted molar refractivity (Wildman–Crippen MR) is 75.1 cm³/mol. The van der Waals surface area contributed by atoms with Crippen molar-refractivity contribution in [2.24, 2.45) is 0 Å². The summed E-state index contributed by atoms with van der Waals surface area (Å²) in [5.41, 5.74) is 0.405. The zero-order valence-corrected chi connectivity index (χ0v) is 12.3. The smallest absolute Gasteiger partial charge is 0.0705 e. The van der Waals surface area contributed by atoms with Crippen LogP contribution in [0.1, 0.15) is 57.7 Å². The number of ether oxygens (including phenoxy) is 1. The van der Waals surface area contributed by atoms with Gasteiger partial charge in [0.2, 0.25) is 0 Å². The summed E-state index contributed by atoms with van der Waals surface area (Å²) in [4.78, 5) is 0. The molecule has 0 aliphatic heterocycles. The van der Waals surface area contributed by atoms with Crippen LogP contribution in [0.5, 0.6) is 0 Å². The molecule has 1 fully saturated rings. The Morgan fingerprint density at radius 1 is 1.53 bits per heavy atom. The molecule has 1 aliphatic rings. The van der Waals surface area contributed by atoms with Crippen molar-refractivity contribution in [2.45, 2.75) is 70.1 Å². The fourth-order valence-electron chi connectivity index (χ4n) is 2.78. The average Bonchev–Trinajstić information content (AvgIpc) is 2.86. The van der Waals surface area contributed by atoms with Crippen LogP contribution in [0.4, 0.5) is 0 Å². The zero-order valence-electron chi connectivity index (χ0n) is 12.3. The first kappa shape index (κ1) is 14.5. The second-order valence-electron chi connectivity index (χ2n) is 5.88. The fourth-order valence-corrected chi connectivity index (χ4v) is 2.78. The van der Waals surface area contributed by atoms with Gasteiger partial charge in [-0.1, -0.05) is 6.92 Å².